The van der Waals surface area contributed by atoms with Crippen LogP contribution in [0.4, 0.5) is 32.0 Å². The first-order chi connectivity index (χ1) is 15.9. The molecule has 2 aliphatic rings. The van der Waals surface area contributed by atoms with Gasteiger partial charge in [0.05, 0.1) is 17.3 Å². The number of alkyl halides is 3. The molecule has 2 heterocycles. The molecule has 0 bridgehead atoms. The molecule has 1 saturated carbocycles. The lowest BCUT2D eigenvalue weighted by Crippen LogP contribution is -2.54. The van der Waals surface area contributed by atoms with Crippen LogP contribution in [0.2, 0.25) is 0 Å². The van der Waals surface area contributed by atoms with Crippen LogP contribution in [0.15, 0.2) is 11.0 Å². The Kier molecular flexibility index (Phi) is 6.30. The minimum absolute atomic E-state index is 0.138. The van der Waals surface area contributed by atoms with E-state index in [4.69, 9.17) is 0 Å². The molecule has 34 heavy (non-hydrogen) atoms. The highest BCUT2D eigenvalue weighted by Crippen LogP contribution is 2.40. The Morgan fingerprint density at radius 2 is 1.71 bits per heavy atom. The smallest absolute Gasteiger partial charge is 0.392 e. The van der Waals surface area contributed by atoms with E-state index in [-0.39, 0.29) is 31.2 Å². The molecule has 0 spiro atoms. The molecule has 6 nitrogen and oxygen atoms in total. The zero-order valence-electron chi connectivity index (χ0n) is 18.4. The third-order valence-corrected chi connectivity index (χ3v) is 5.92. The number of nitrogens with one attached hydrogen (secondary N) is 1. The molecule has 4 rings (SSSR count). The summed E-state index contributed by atoms with van der Waals surface area (Å²) in [7, 11) is 0. The predicted molar refractivity (Wildman–Crippen MR) is 112 cm³/mol. The number of hydrogen-bond acceptors (Lipinski definition) is 5. The third kappa shape index (κ3) is 4.59. The number of nitrogens with zero attached hydrogens (tertiary/aromatic N) is 2. The van der Waals surface area contributed by atoms with E-state index >= 15 is 13.2 Å². The molecule has 1 saturated heterocycles. The Labute approximate surface area is 190 Å². The van der Waals surface area contributed by atoms with E-state index in [9.17, 15) is 22.8 Å². The number of piperazine rings is 1. The molecule has 0 amide bonds. The Hall–Kier alpha value is -2.76. The second-order valence-electron chi connectivity index (χ2n) is 8.90. The molecule has 12 heteroatoms. The maximum absolute atomic E-state index is 15.8. The van der Waals surface area contributed by atoms with Crippen molar-refractivity contribution >= 4 is 22.6 Å². The van der Waals surface area contributed by atoms with Crippen LogP contribution in [0.3, 0.4) is 0 Å². The van der Waals surface area contributed by atoms with E-state index in [1.807, 2.05) is 13.8 Å². The first-order valence-electron chi connectivity index (χ1n) is 10.9. The number of pyridine rings is 1. The van der Waals surface area contributed by atoms with Crippen LogP contribution in [0, 0.1) is 17.5 Å². The van der Waals surface area contributed by atoms with Crippen molar-refractivity contribution in [2.75, 3.05) is 24.6 Å². The van der Waals surface area contributed by atoms with Gasteiger partial charge in [0.2, 0.25) is 5.43 Å². The number of esters is 1. The van der Waals surface area contributed by atoms with Crippen LogP contribution in [-0.2, 0) is 4.74 Å². The summed E-state index contributed by atoms with van der Waals surface area (Å²) in [5, 5.41) is 2.24. The van der Waals surface area contributed by atoms with Gasteiger partial charge in [-0.05, 0) is 26.7 Å². The summed E-state index contributed by atoms with van der Waals surface area (Å²) >= 11 is 0. The average molecular weight is 491 g/mol. The van der Waals surface area contributed by atoms with Gasteiger partial charge in [-0.3, -0.25) is 4.79 Å². The monoisotopic (exact) mass is 491 g/mol. The number of ether oxygens (including phenoxy) is 1. The summed E-state index contributed by atoms with van der Waals surface area (Å²) in [6.45, 7) is 2.97. The van der Waals surface area contributed by atoms with Crippen molar-refractivity contribution in [3.63, 3.8) is 0 Å². The van der Waals surface area contributed by atoms with Crippen LogP contribution >= 0.6 is 0 Å². The maximum Gasteiger partial charge on any atom is 0.392 e. The Morgan fingerprint density at radius 3 is 2.26 bits per heavy atom. The van der Waals surface area contributed by atoms with Crippen LogP contribution in [0.25, 0.3) is 10.9 Å². The molecule has 1 aliphatic carbocycles. The lowest BCUT2D eigenvalue weighted by molar-refractivity contribution is -0.141. The van der Waals surface area contributed by atoms with E-state index in [1.165, 1.54) is 9.47 Å². The minimum Gasteiger partial charge on any atom is -0.462 e. The summed E-state index contributed by atoms with van der Waals surface area (Å²) < 4.78 is 89.0. The molecule has 2 aromatic rings. The molecular formula is C22H23F6N3O3. The molecule has 0 radical (unpaired) electrons. The SMILES string of the molecule is C[C@@H]1CN(c2c(F)c(F)c3c(=O)c(C(=O)OCCC(F)(F)F)cn(C4CC4)c3c2F)C[C@H](C)N1. The first-order valence-corrected chi connectivity index (χ1v) is 10.9. The summed E-state index contributed by atoms with van der Waals surface area (Å²) in [5.41, 5.74) is -3.20. The zero-order chi connectivity index (χ0) is 24.9. The second-order valence-corrected chi connectivity index (χ2v) is 8.90. The Bertz CT molecular complexity index is 1180. The molecule has 2 atom stereocenters. The van der Waals surface area contributed by atoms with Gasteiger partial charge in [0.1, 0.15) is 17.9 Å². The second kappa shape index (κ2) is 8.79. The van der Waals surface area contributed by atoms with E-state index in [0.29, 0.717) is 12.8 Å². The molecule has 1 N–H and O–H groups in total. The van der Waals surface area contributed by atoms with E-state index < -0.39 is 70.2 Å². The molecule has 0 unspecified atom stereocenters. The summed E-state index contributed by atoms with van der Waals surface area (Å²) in [6, 6.07) is -0.653. The predicted octanol–water partition coefficient (Wildman–Crippen LogP) is 4.05. The minimum atomic E-state index is -4.59. The van der Waals surface area contributed by atoms with Gasteiger partial charge in [-0.1, -0.05) is 0 Å². The fourth-order valence-electron chi connectivity index (χ4n) is 4.39. The maximum atomic E-state index is 15.8. The van der Waals surface area contributed by atoms with Crippen LogP contribution in [0.5, 0.6) is 0 Å². The third-order valence-electron chi connectivity index (χ3n) is 5.92. The van der Waals surface area contributed by atoms with Crippen molar-refractivity contribution in [1.82, 2.24) is 9.88 Å². The van der Waals surface area contributed by atoms with Gasteiger partial charge in [0.15, 0.2) is 17.5 Å². The van der Waals surface area contributed by atoms with Crippen LogP contribution in [0.1, 0.15) is 49.5 Å². The summed E-state index contributed by atoms with van der Waals surface area (Å²) in [5.74, 6) is -5.72. The van der Waals surface area contributed by atoms with Crippen molar-refractivity contribution in [2.24, 2.45) is 0 Å². The fourth-order valence-corrected chi connectivity index (χ4v) is 4.39. The summed E-state index contributed by atoms with van der Waals surface area (Å²) in [6.07, 6.45) is -3.99. The van der Waals surface area contributed by atoms with Gasteiger partial charge in [-0.2, -0.15) is 13.2 Å². The zero-order valence-corrected chi connectivity index (χ0v) is 18.4. The van der Waals surface area contributed by atoms with E-state index in [2.05, 4.69) is 10.1 Å². The van der Waals surface area contributed by atoms with Gasteiger partial charge in [-0.15, -0.1) is 0 Å². The standard InChI is InChI=1S/C22H23F6N3O3/c1-10-7-30(8-11(2)29-10)19-16(24)15(23)14-18(17(19)25)31(12-3-4-12)9-13(20(14)32)21(33)34-6-5-22(26,27)28/h9-12,29H,3-8H2,1-2H3/t10-,11+. The van der Waals surface area contributed by atoms with Crippen LogP contribution in [-0.4, -0.2) is 48.5 Å². The van der Waals surface area contributed by atoms with Crippen molar-refractivity contribution in [1.29, 1.82) is 0 Å². The molecular weight excluding hydrogens is 468 g/mol. The van der Waals surface area contributed by atoms with Crippen LogP contribution < -0.4 is 15.6 Å². The highest BCUT2D eigenvalue weighted by atomic mass is 19.4. The molecule has 2 fully saturated rings. The van der Waals surface area contributed by atoms with Gasteiger partial charge in [-0.25, -0.2) is 18.0 Å². The number of halogens is 6. The lowest BCUT2D eigenvalue weighted by Gasteiger charge is -2.38. The number of carbonyl (C=O) groups excluding carboxylic acids is 1. The van der Waals surface area contributed by atoms with Gasteiger partial charge >= 0.3 is 12.1 Å². The van der Waals surface area contributed by atoms with Crippen molar-refractivity contribution in [3.8, 4) is 0 Å². The largest absolute Gasteiger partial charge is 0.462 e. The van der Waals surface area contributed by atoms with Gasteiger partial charge < -0.3 is 19.5 Å². The van der Waals surface area contributed by atoms with Crippen molar-refractivity contribution < 1.29 is 35.9 Å². The fraction of sp³-hybridized carbons (Fsp3) is 0.545. The highest BCUT2D eigenvalue weighted by molar-refractivity contribution is 5.95. The number of rotatable bonds is 5. The first kappa shape index (κ1) is 24.4. The van der Waals surface area contributed by atoms with Crippen molar-refractivity contribution in [3.05, 3.63) is 39.4 Å². The Morgan fingerprint density at radius 1 is 1.09 bits per heavy atom. The highest BCUT2D eigenvalue weighted by Gasteiger charge is 2.35. The number of carbonyl (C=O) groups is 1. The number of anilines is 1. The van der Waals surface area contributed by atoms with E-state index in [0.717, 1.165) is 6.20 Å². The normalized spacial score (nSPS) is 21.2. The number of fused-ring (bicyclic) bond motifs is 1. The molecule has 186 valence electrons. The number of hydrogen-bond donors (Lipinski definition) is 1. The van der Waals surface area contributed by atoms with Gasteiger partial charge in [0, 0.05) is 37.4 Å². The topological polar surface area (TPSA) is 63.6 Å². The quantitative estimate of drug-likeness (QED) is 0.389. The summed E-state index contributed by atoms with van der Waals surface area (Å²) in [4.78, 5) is 26.6. The lowest BCUT2D eigenvalue weighted by atomic mass is 10.1. The molecule has 1 aromatic carbocycles. The average Bonchev–Trinajstić information content (AvgIpc) is 3.55. The Balaban J connectivity index is 1.85. The molecule has 1 aliphatic heterocycles. The number of aromatic nitrogens is 1. The molecule has 1 aromatic heterocycles. The van der Waals surface area contributed by atoms with Crippen molar-refractivity contribution in [2.45, 2.75) is 57.4 Å². The number of benzene rings is 1. The van der Waals surface area contributed by atoms with Gasteiger partial charge in [0.25, 0.3) is 0 Å². The van der Waals surface area contributed by atoms with E-state index in [1.54, 1.807) is 0 Å².